The zero-order valence-corrected chi connectivity index (χ0v) is 31.3. The standard InChI is InChI=1S/C33H30ClFN8O7S2.CH2O2/c1-33(2,31(48)49)50-40-23(24-26(34)52-32(38)39-24)22(44)10-19-28(45)43-25(30(46)47)18(14-51-29(19)43)12-41-7-6-21-17(11-41)5-8-42(21)13-16-4-3-15(27(36)37)9-20(16)35;2-1-3/h3-9,11,19,29H,10,12-14H2,1-2H3,(H6-,36,37,38,39,46,47,48,49);1H,(H,2,3)/b40-23+;/t19-,29-;/m1./s1. The lowest BCUT2D eigenvalue weighted by molar-refractivity contribution is -0.687. The van der Waals surface area contributed by atoms with Gasteiger partial charge in [0, 0.05) is 41.1 Å². The number of fused-ring (bicyclic) bond motifs is 2. The van der Waals surface area contributed by atoms with Crippen molar-refractivity contribution in [3.63, 3.8) is 0 Å². The normalized spacial score (nSPS) is 16.8. The number of nitrogens with two attached hydrogens (primary N) is 2. The fraction of sp³-hybridized carbons (Fsp3) is 0.265. The second kappa shape index (κ2) is 16.2. The number of ketones is 1. The Morgan fingerprint density at radius 1 is 1.29 bits per heavy atom. The summed E-state index contributed by atoms with van der Waals surface area (Å²) in [5.74, 6) is -5.67. The third kappa shape index (κ3) is 8.45. The highest BCUT2D eigenvalue weighted by atomic mass is 35.5. The van der Waals surface area contributed by atoms with Gasteiger partial charge in [0.15, 0.2) is 35.6 Å². The van der Waals surface area contributed by atoms with Crippen molar-refractivity contribution in [1.82, 2.24) is 14.5 Å². The monoisotopic (exact) mass is 814 g/mol. The van der Waals surface area contributed by atoms with E-state index in [0.29, 0.717) is 11.1 Å². The SMILES string of the molecule is CC(C)(O/N=C(\C(=O)C[C@@H]1C(=O)N2C(C(=O)[O-])=C(C[n+]3ccc4c(ccn4Cc4ccc(C(=N)N)cc4F)c3)CS[C@H]12)c1nc(N)sc1Cl)C(=O)O.O=CO. The number of hydrogen-bond donors (Lipinski definition) is 5. The summed E-state index contributed by atoms with van der Waals surface area (Å²) in [6, 6.07) is 8.04. The Balaban J connectivity index is 0.00000187. The van der Waals surface area contributed by atoms with Gasteiger partial charge < -0.3 is 41.0 Å². The number of thioether (sulfide) groups is 1. The maximum absolute atomic E-state index is 14.7. The summed E-state index contributed by atoms with van der Waals surface area (Å²) in [6.45, 7) is 2.55. The minimum atomic E-state index is -1.82. The molecule has 0 aliphatic carbocycles. The van der Waals surface area contributed by atoms with Crippen LogP contribution in [0.5, 0.6) is 0 Å². The fourth-order valence-corrected chi connectivity index (χ4v) is 8.12. The van der Waals surface area contributed by atoms with Crippen molar-refractivity contribution in [2.24, 2.45) is 16.8 Å². The van der Waals surface area contributed by atoms with Gasteiger partial charge in [0.05, 0.1) is 40.4 Å². The molecule has 288 valence electrons. The first-order valence-corrected chi connectivity index (χ1v) is 18.2. The molecule has 55 heavy (non-hydrogen) atoms. The summed E-state index contributed by atoms with van der Waals surface area (Å²) >= 11 is 8.38. The van der Waals surface area contributed by atoms with Crippen molar-refractivity contribution in [3.05, 3.63) is 87.2 Å². The van der Waals surface area contributed by atoms with E-state index in [-0.39, 0.29) is 57.6 Å². The van der Waals surface area contributed by atoms with Gasteiger partial charge >= 0.3 is 5.97 Å². The Kier molecular flexibility index (Phi) is 11.9. The number of halogens is 2. The number of aromatic nitrogens is 3. The number of carbonyl (C=O) groups is 5. The molecule has 7 N–H and O–H groups in total. The summed E-state index contributed by atoms with van der Waals surface area (Å²) < 4.78 is 18.3. The summed E-state index contributed by atoms with van der Waals surface area (Å²) in [5, 5.41) is 40.2. The van der Waals surface area contributed by atoms with Crippen molar-refractivity contribution < 1.29 is 53.1 Å². The van der Waals surface area contributed by atoms with Crippen molar-refractivity contribution in [3.8, 4) is 0 Å². The molecule has 0 bridgehead atoms. The van der Waals surface area contributed by atoms with Crippen molar-refractivity contribution >= 4 is 92.4 Å². The molecule has 6 rings (SSSR count). The molecule has 2 aliphatic rings. The molecule has 2 aliphatic heterocycles. The van der Waals surface area contributed by atoms with Crippen LogP contribution in [0, 0.1) is 17.1 Å². The van der Waals surface area contributed by atoms with Crippen molar-refractivity contribution in [2.75, 3.05) is 11.5 Å². The lowest BCUT2D eigenvalue weighted by Crippen LogP contribution is -2.63. The first-order chi connectivity index (χ1) is 26.0. The van der Waals surface area contributed by atoms with E-state index in [1.54, 1.807) is 29.1 Å². The van der Waals surface area contributed by atoms with Crippen molar-refractivity contribution in [1.29, 1.82) is 5.41 Å². The van der Waals surface area contributed by atoms with E-state index < -0.39 is 58.5 Å². The number of oxime groups is 1. The quantitative estimate of drug-likeness (QED) is 0.0321. The lowest BCUT2D eigenvalue weighted by Gasteiger charge is -2.50. The molecule has 1 saturated heterocycles. The highest BCUT2D eigenvalue weighted by Crippen LogP contribution is 2.45. The molecule has 0 saturated carbocycles. The van der Waals surface area contributed by atoms with Crippen LogP contribution in [-0.2, 0) is 41.9 Å². The summed E-state index contributed by atoms with van der Waals surface area (Å²) in [7, 11) is 0. The number of carboxylic acids is 2. The van der Waals surface area contributed by atoms with E-state index in [2.05, 4.69) is 10.1 Å². The maximum atomic E-state index is 14.7. The molecule has 0 unspecified atom stereocenters. The van der Waals surface area contributed by atoms with E-state index >= 15 is 0 Å². The number of thiazole rings is 1. The average molecular weight is 815 g/mol. The van der Waals surface area contributed by atoms with E-state index in [1.807, 2.05) is 22.9 Å². The van der Waals surface area contributed by atoms with Crippen LogP contribution in [0.2, 0.25) is 4.34 Å². The van der Waals surface area contributed by atoms with Gasteiger partial charge in [-0.25, -0.2) is 18.7 Å². The molecule has 2 atom stereocenters. The topological polar surface area (TPSA) is 271 Å². The van der Waals surface area contributed by atoms with E-state index in [0.717, 1.165) is 27.1 Å². The number of nitrogen functional groups attached to an aromatic ring is 2. The van der Waals surface area contributed by atoms with Crippen LogP contribution in [0.1, 0.15) is 37.1 Å². The van der Waals surface area contributed by atoms with E-state index in [4.69, 9.17) is 43.2 Å². The number of anilines is 1. The number of nitrogens with one attached hydrogen (secondary N) is 1. The van der Waals surface area contributed by atoms with Crippen LogP contribution in [0.3, 0.4) is 0 Å². The first-order valence-electron chi connectivity index (χ1n) is 16.0. The zero-order valence-electron chi connectivity index (χ0n) is 28.9. The minimum Gasteiger partial charge on any atom is -0.543 e. The second-order valence-electron chi connectivity index (χ2n) is 12.6. The van der Waals surface area contributed by atoms with Crippen LogP contribution >= 0.6 is 34.7 Å². The average Bonchev–Trinajstić information content (AvgIpc) is 3.68. The minimum absolute atomic E-state index is 0.00309. The molecule has 21 heteroatoms. The molecule has 3 aromatic heterocycles. The Bertz CT molecular complexity index is 2310. The summed E-state index contributed by atoms with van der Waals surface area (Å²) in [4.78, 5) is 69.7. The van der Waals surface area contributed by atoms with Gasteiger partial charge in [-0.2, -0.15) is 0 Å². The second-order valence-corrected chi connectivity index (χ2v) is 15.4. The van der Waals surface area contributed by atoms with Gasteiger partial charge in [0.1, 0.15) is 21.7 Å². The highest BCUT2D eigenvalue weighted by Gasteiger charge is 2.53. The van der Waals surface area contributed by atoms with Gasteiger partial charge in [0.2, 0.25) is 11.5 Å². The van der Waals surface area contributed by atoms with Crippen LogP contribution in [0.4, 0.5) is 9.52 Å². The number of pyridine rings is 1. The lowest BCUT2D eigenvalue weighted by atomic mass is 9.89. The molecule has 0 spiro atoms. The highest BCUT2D eigenvalue weighted by molar-refractivity contribution is 8.00. The Hall–Kier alpha value is -5.86. The predicted molar refractivity (Wildman–Crippen MR) is 196 cm³/mol. The van der Waals surface area contributed by atoms with Gasteiger partial charge in [0.25, 0.3) is 6.47 Å². The number of aliphatic carboxylic acids is 2. The number of amidine groups is 1. The summed E-state index contributed by atoms with van der Waals surface area (Å²) in [6.07, 6.45) is 4.93. The zero-order chi connectivity index (χ0) is 40.4. The molecular weight excluding hydrogens is 783 g/mol. The molecule has 1 aromatic carbocycles. The maximum Gasteiger partial charge on any atom is 0.350 e. The molecular formula is C34H32ClFN8O9S2. The number of carbonyl (C=O) groups excluding carboxylic acids is 3. The van der Waals surface area contributed by atoms with Crippen LogP contribution in [-0.4, -0.2) is 83.0 Å². The number of amides is 1. The first kappa shape index (κ1) is 40.3. The number of Topliss-reactive ketones (excluding diaryl/α,β-unsaturated/α-hetero) is 1. The van der Waals surface area contributed by atoms with E-state index in [9.17, 15) is 33.8 Å². The van der Waals surface area contributed by atoms with Gasteiger partial charge in [-0.1, -0.05) is 40.2 Å². The molecule has 17 nitrogen and oxygen atoms in total. The molecule has 5 heterocycles. The van der Waals surface area contributed by atoms with Gasteiger partial charge in [-0.3, -0.25) is 24.7 Å². The number of carboxylic acid groups (broad SMARTS) is 3. The van der Waals surface area contributed by atoms with Gasteiger partial charge in [-0.05, 0) is 26.0 Å². The fourth-order valence-electron chi connectivity index (χ4n) is 5.79. The number of hydrogen-bond acceptors (Lipinski definition) is 13. The molecule has 1 fully saturated rings. The van der Waals surface area contributed by atoms with Crippen LogP contribution in [0.25, 0.3) is 10.9 Å². The van der Waals surface area contributed by atoms with Crippen LogP contribution in [0.15, 0.2) is 65.3 Å². The molecule has 4 aromatic rings. The Morgan fingerprint density at radius 2 is 2.00 bits per heavy atom. The smallest absolute Gasteiger partial charge is 0.350 e. The van der Waals surface area contributed by atoms with Crippen molar-refractivity contribution in [2.45, 2.75) is 44.3 Å². The number of benzene rings is 1. The largest absolute Gasteiger partial charge is 0.543 e. The Morgan fingerprint density at radius 3 is 2.60 bits per heavy atom. The third-order valence-corrected chi connectivity index (χ3v) is 11.1. The van der Waals surface area contributed by atoms with Crippen LogP contribution < -0.4 is 21.1 Å². The number of rotatable bonds is 13. The molecule has 0 radical (unpaired) electrons. The van der Waals surface area contributed by atoms with E-state index in [1.165, 1.54) is 31.7 Å². The predicted octanol–water partition coefficient (Wildman–Crippen LogP) is 1.57. The summed E-state index contributed by atoms with van der Waals surface area (Å²) in [5.41, 5.74) is 10.5. The number of nitrogens with zero attached hydrogens (tertiary/aromatic N) is 5. The number of β-lactam (4-membered cyclic amide) rings is 1. The Labute approximate surface area is 324 Å². The van der Waals surface area contributed by atoms with Gasteiger partial charge in [-0.15, -0.1) is 11.8 Å². The third-order valence-electron chi connectivity index (χ3n) is 8.57. The molecule has 1 amide bonds.